The topological polar surface area (TPSA) is 75.6 Å². The maximum Gasteiger partial charge on any atom is 0.332 e. The Bertz CT molecular complexity index is 555. The second-order valence-electron chi connectivity index (χ2n) is 5.55. The molecule has 2 rings (SSSR count). The summed E-state index contributed by atoms with van der Waals surface area (Å²) in [6, 6.07) is 5.85. The lowest BCUT2D eigenvalue weighted by atomic mass is 9.98. The van der Waals surface area contributed by atoms with Gasteiger partial charge in [-0.25, -0.2) is 4.79 Å². The Morgan fingerprint density at radius 1 is 1.29 bits per heavy atom. The highest BCUT2D eigenvalue weighted by molar-refractivity contribution is 5.83. The molecule has 1 amide bonds. The van der Waals surface area contributed by atoms with Crippen LogP contribution < -0.4 is 5.32 Å². The van der Waals surface area contributed by atoms with Gasteiger partial charge in [0, 0.05) is 0 Å². The number of nitrogens with one attached hydrogen (secondary N) is 1. The van der Waals surface area contributed by atoms with E-state index in [1.165, 1.54) is 5.56 Å². The summed E-state index contributed by atoms with van der Waals surface area (Å²) in [5.41, 5.74) is 3.40. The molecule has 1 fully saturated rings. The second-order valence-corrected chi connectivity index (χ2v) is 5.55. The molecule has 0 aliphatic carbocycles. The number of carbonyl (C=O) groups is 2. The number of rotatable bonds is 4. The summed E-state index contributed by atoms with van der Waals surface area (Å²) in [6.45, 7) is 5.98. The predicted molar refractivity (Wildman–Crippen MR) is 78.0 cm³/mol. The van der Waals surface area contributed by atoms with E-state index in [1.807, 2.05) is 39.0 Å². The first kappa shape index (κ1) is 15.5. The number of aryl methyl sites for hydroxylation is 1. The monoisotopic (exact) mass is 291 g/mol. The van der Waals surface area contributed by atoms with E-state index in [-0.39, 0.29) is 11.9 Å². The molecular weight excluding hydrogens is 270 g/mol. The van der Waals surface area contributed by atoms with E-state index >= 15 is 0 Å². The first-order valence-electron chi connectivity index (χ1n) is 7.15. The Morgan fingerprint density at radius 2 is 1.95 bits per heavy atom. The van der Waals surface area contributed by atoms with Crippen LogP contribution in [0.15, 0.2) is 18.2 Å². The minimum absolute atomic E-state index is 0.134. The van der Waals surface area contributed by atoms with Crippen molar-refractivity contribution in [3.05, 3.63) is 34.9 Å². The van der Waals surface area contributed by atoms with Gasteiger partial charge >= 0.3 is 5.97 Å². The molecular formula is C16H21NO4. The summed E-state index contributed by atoms with van der Waals surface area (Å²) >= 11 is 0. The zero-order chi connectivity index (χ0) is 15.6. The van der Waals surface area contributed by atoms with Gasteiger partial charge in [-0.2, -0.15) is 0 Å². The molecule has 3 atom stereocenters. The Balaban J connectivity index is 2.00. The first-order valence-corrected chi connectivity index (χ1v) is 7.15. The third-order valence-corrected chi connectivity index (χ3v) is 4.06. The number of carboxylic acid groups (broad SMARTS) is 1. The number of carboxylic acids is 1. The zero-order valence-corrected chi connectivity index (χ0v) is 12.6. The van der Waals surface area contributed by atoms with Gasteiger partial charge in [-0.15, -0.1) is 0 Å². The van der Waals surface area contributed by atoms with E-state index < -0.39 is 18.2 Å². The Labute approximate surface area is 124 Å². The molecule has 0 radical (unpaired) electrons. The lowest BCUT2D eigenvalue weighted by Gasteiger charge is -2.20. The van der Waals surface area contributed by atoms with Gasteiger partial charge in [-0.1, -0.05) is 18.2 Å². The Kier molecular flexibility index (Phi) is 4.63. The number of aliphatic carboxylic acids is 1. The molecule has 1 unspecified atom stereocenters. The molecule has 1 saturated heterocycles. The quantitative estimate of drug-likeness (QED) is 0.891. The van der Waals surface area contributed by atoms with E-state index in [0.717, 1.165) is 11.1 Å². The van der Waals surface area contributed by atoms with Crippen LogP contribution in [0.25, 0.3) is 0 Å². The molecule has 0 saturated carbocycles. The number of carbonyl (C=O) groups excluding carboxylic acids is 1. The maximum absolute atomic E-state index is 12.2. The van der Waals surface area contributed by atoms with Gasteiger partial charge in [-0.3, -0.25) is 4.79 Å². The van der Waals surface area contributed by atoms with Crippen LogP contribution in [0.5, 0.6) is 0 Å². The highest BCUT2D eigenvalue weighted by Gasteiger charge is 2.35. The van der Waals surface area contributed by atoms with E-state index in [1.54, 1.807) is 0 Å². The number of amides is 1. The van der Waals surface area contributed by atoms with Crippen LogP contribution in [0.1, 0.15) is 42.5 Å². The van der Waals surface area contributed by atoms with Crippen molar-refractivity contribution in [3.63, 3.8) is 0 Å². The van der Waals surface area contributed by atoms with Gasteiger partial charge < -0.3 is 15.2 Å². The van der Waals surface area contributed by atoms with Crippen LogP contribution in [0.2, 0.25) is 0 Å². The van der Waals surface area contributed by atoms with Crippen molar-refractivity contribution in [3.8, 4) is 0 Å². The van der Waals surface area contributed by atoms with Crippen molar-refractivity contribution >= 4 is 11.9 Å². The SMILES string of the molecule is Cc1cccc(C(C)NC(=O)[C@@H]2CC[C@H](C(=O)O)O2)c1C. The van der Waals surface area contributed by atoms with Gasteiger partial charge in [0.15, 0.2) is 6.10 Å². The lowest BCUT2D eigenvalue weighted by molar-refractivity contribution is -0.151. The van der Waals surface area contributed by atoms with Crippen molar-refractivity contribution < 1.29 is 19.4 Å². The van der Waals surface area contributed by atoms with E-state index in [9.17, 15) is 9.59 Å². The van der Waals surface area contributed by atoms with Crippen LogP contribution in [-0.4, -0.2) is 29.2 Å². The van der Waals surface area contributed by atoms with Crippen molar-refractivity contribution in [2.45, 2.75) is 51.9 Å². The summed E-state index contributed by atoms with van der Waals surface area (Å²) in [6.07, 6.45) is -0.705. The summed E-state index contributed by atoms with van der Waals surface area (Å²) < 4.78 is 5.26. The second kappa shape index (κ2) is 6.26. The fourth-order valence-electron chi connectivity index (χ4n) is 2.64. The molecule has 0 bridgehead atoms. The summed E-state index contributed by atoms with van der Waals surface area (Å²) in [5.74, 6) is -1.25. The van der Waals surface area contributed by atoms with Crippen molar-refractivity contribution in [2.75, 3.05) is 0 Å². The third-order valence-electron chi connectivity index (χ3n) is 4.06. The normalized spacial score (nSPS) is 22.8. The van der Waals surface area contributed by atoms with Gasteiger partial charge in [0.1, 0.15) is 6.10 Å². The van der Waals surface area contributed by atoms with Crippen LogP contribution in [0.3, 0.4) is 0 Å². The molecule has 0 spiro atoms. The fourth-order valence-corrected chi connectivity index (χ4v) is 2.64. The molecule has 1 aliphatic rings. The van der Waals surface area contributed by atoms with Gasteiger partial charge in [0.2, 0.25) is 5.91 Å². The molecule has 21 heavy (non-hydrogen) atoms. The van der Waals surface area contributed by atoms with E-state index in [4.69, 9.17) is 9.84 Å². The van der Waals surface area contributed by atoms with Crippen LogP contribution in [0.4, 0.5) is 0 Å². The number of hydrogen-bond acceptors (Lipinski definition) is 3. The highest BCUT2D eigenvalue weighted by atomic mass is 16.5. The van der Waals surface area contributed by atoms with Crippen molar-refractivity contribution in [1.82, 2.24) is 5.32 Å². The predicted octanol–water partition coefficient (Wildman–Crippen LogP) is 2.11. The third kappa shape index (κ3) is 3.42. The Hall–Kier alpha value is -1.88. The summed E-state index contributed by atoms with van der Waals surface area (Å²) in [4.78, 5) is 23.0. The van der Waals surface area contributed by atoms with Crippen LogP contribution in [0, 0.1) is 13.8 Å². The molecule has 2 N–H and O–H groups in total. The largest absolute Gasteiger partial charge is 0.479 e. The zero-order valence-electron chi connectivity index (χ0n) is 12.6. The number of hydrogen-bond donors (Lipinski definition) is 2. The smallest absolute Gasteiger partial charge is 0.332 e. The highest BCUT2D eigenvalue weighted by Crippen LogP contribution is 2.23. The van der Waals surface area contributed by atoms with Gasteiger partial charge in [0.25, 0.3) is 0 Å². The molecule has 1 aromatic rings. The summed E-state index contributed by atoms with van der Waals surface area (Å²) in [5, 5.41) is 11.8. The molecule has 114 valence electrons. The standard InChI is InChI=1S/C16H21NO4/c1-9-5-4-6-12(10(9)2)11(3)17-15(18)13-7-8-14(21-13)16(19)20/h4-6,11,13-14H,7-8H2,1-3H3,(H,17,18)(H,19,20)/t11?,13-,14+/m0/s1. The van der Waals surface area contributed by atoms with Crippen molar-refractivity contribution in [1.29, 1.82) is 0 Å². The van der Waals surface area contributed by atoms with E-state index in [2.05, 4.69) is 5.32 Å². The minimum atomic E-state index is -1.01. The Morgan fingerprint density at radius 3 is 2.57 bits per heavy atom. The molecule has 1 aromatic carbocycles. The van der Waals surface area contributed by atoms with Crippen molar-refractivity contribution in [2.24, 2.45) is 0 Å². The van der Waals surface area contributed by atoms with E-state index in [0.29, 0.717) is 12.8 Å². The maximum atomic E-state index is 12.2. The van der Waals surface area contributed by atoms with Crippen LogP contribution in [-0.2, 0) is 14.3 Å². The van der Waals surface area contributed by atoms with Gasteiger partial charge in [-0.05, 0) is 50.3 Å². The first-order chi connectivity index (χ1) is 9.90. The average Bonchev–Trinajstić information content (AvgIpc) is 2.91. The van der Waals surface area contributed by atoms with Gasteiger partial charge in [0.05, 0.1) is 6.04 Å². The summed E-state index contributed by atoms with van der Waals surface area (Å²) in [7, 11) is 0. The molecule has 5 heteroatoms. The number of ether oxygens (including phenoxy) is 1. The minimum Gasteiger partial charge on any atom is -0.479 e. The van der Waals surface area contributed by atoms with Crippen LogP contribution >= 0.6 is 0 Å². The molecule has 5 nitrogen and oxygen atoms in total. The number of benzene rings is 1. The average molecular weight is 291 g/mol. The molecule has 1 aliphatic heterocycles. The molecule has 1 heterocycles. The fraction of sp³-hybridized carbons (Fsp3) is 0.500. The molecule has 0 aromatic heterocycles. The lowest BCUT2D eigenvalue weighted by Crippen LogP contribution is -2.37.